The Hall–Kier alpha value is -0.490. The number of hydrogen-bond acceptors (Lipinski definition) is 5. The summed E-state index contributed by atoms with van der Waals surface area (Å²) in [4.78, 5) is 10.9. The Bertz CT molecular complexity index is 169. The van der Waals surface area contributed by atoms with Gasteiger partial charge in [0.1, 0.15) is 12.7 Å². The van der Waals surface area contributed by atoms with Crippen LogP contribution in [0.3, 0.4) is 0 Å². The minimum Gasteiger partial charge on any atom is -0.396 e. The van der Waals surface area contributed by atoms with Crippen molar-refractivity contribution < 1.29 is 24.9 Å². The van der Waals surface area contributed by atoms with Crippen LogP contribution in [0.1, 0.15) is 0 Å². The van der Waals surface area contributed by atoms with Gasteiger partial charge in [-0.05, 0) is 0 Å². The van der Waals surface area contributed by atoms with E-state index in [9.17, 15) is 9.90 Å². The first-order chi connectivity index (χ1) is 5.66. The highest BCUT2D eigenvalue weighted by atomic mass is 16.5. The maximum atomic E-state index is 10.9. The van der Waals surface area contributed by atoms with Gasteiger partial charge in [0.25, 0.3) is 0 Å². The molecule has 12 heavy (non-hydrogen) atoms. The summed E-state index contributed by atoms with van der Waals surface area (Å²) in [5.41, 5.74) is 0. The number of aliphatic hydroxyl groups excluding tert-OH is 3. The number of carbonyl (C=O) groups is 1. The molecule has 0 aromatic rings. The summed E-state index contributed by atoms with van der Waals surface area (Å²) < 4.78 is 4.82. The van der Waals surface area contributed by atoms with Gasteiger partial charge in [-0.2, -0.15) is 0 Å². The lowest BCUT2D eigenvalue weighted by Crippen LogP contribution is -2.39. The first-order valence-electron chi connectivity index (χ1n) is 3.74. The van der Waals surface area contributed by atoms with Crippen LogP contribution in [0.2, 0.25) is 0 Å². The summed E-state index contributed by atoms with van der Waals surface area (Å²) >= 11 is 0. The molecule has 0 spiro atoms. The van der Waals surface area contributed by atoms with Gasteiger partial charge < -0.3 is 20.1 Å². The Morgan fingerprint density at radius 2 is 2.17 bits per heavy atom. The molecule has 1 heterocycles. The molecule has 0 radical (unpaired) electrons. The molecular formula is C7H12O5. The van der Waals surface area contributed by atoms with Crippen LogP contribution < -0.4 is 0 Å². The summed E-state index contributed by atoms with van der Waals surface area (Å²) in [6.45, 7) is -0.402. The first-order valence-corrected chi connectivity index (χ1v) is 3.74. The molecule has 1 aliphatic heterocycles. The van der Waals surface area contributed by atoms with Crippen LogP contribution in [-0.4, -0.2) is 53.1 Å². The minimum atomic E-state index is -1.43. The number of carbonyl (C=O) groups excluding carboxylic acids is 1. The molecule has 0 aliphatic carbocycles. The molecule has 1 aliphatic rings. The first kappa shape index (κ1) is 9.60. The number of hydrogen-bond donors (Lipinski definition) is 3. The van der Waals surface area contributed by atoms with Crippen LogP contribution in [0.4, 0.5) is 0 Å². The summed E-state index contributed by atoms with van der Waals surface area (Å²) in [6, 6.07) is 0. The van der Waals surface area contributed by atoms with Gasteiger partial charge in [0.15, 0.2) is 5.78 Å². The van der Waals surface area contributed by atoms with Gasteiger partial charge >= 0.3 is 0 Å². The van der Waals surface area contributed by atoms with Gasteiger partial charge in [-0.1, -0.05) is 0 Å². The van der Waals surface area contributed by atoms with E-state index >= 15 is 0 Å². The number of ketones is 1. The van der Waals surface area contributed by atoms with E-state index in [4.69, 9.17) is 14.9 Å². The lowest BCUT2D eigenvalue weighted by molar-refractivity contribution is -0.134. The number of Topliss-reactive ketones (excluding diaryl/α,β-unsaturated/α-hetero) is 1. The van der Waals surface area contributed by atoms with Gasteiger partial charge in [0, 0.05) is 5.92 Å². The highest BCUT2D eigenvalue weighted by molar-refractivity contribution is 5.84. The van der Waals surface area contributed by atoms with E-state index in [1.807, 2.05) is 0 Å². The van der Waals surface area contributed by atoms with E-state index in [2.05, 4.69) is 0 Å². The normalized spacial score (nSPS) is 37.9. The zero-order valence-electron chi connectivity index (χ0n) is 6.51. The van der Waals surface area contributed by atoms with Gasteiger partial charge in [0.05, 0.1) is 19.3 Å². The van der Waals surface area contributed by atoms with Crippen molar-refractivity contribution in [3.63, 3.8) is 0 Å². The number of rotatable bonds is 1. The van der Waals surface area contributed by atoms with Crippen LogP contribution in [0.15, 0.2) is 0 Å². The van der Waals surface area contributed by atoms with Crippen molar-refractivity contribution in [1.82, 2.24) is 0 Å². The fourth-order valence-corrected chi connectivity index (χ4v) is 1.10. The van der Waals surface area contributed by atoms with Crippen molar-refractivity contribution in [2.75, 3.05) is 19.8 Å². The van der Waals surface area contributed by atoms with Crippen LogP contribution in [0.25, 0.3) is 0 Å². The summed E-state index contributed by atoms with van der Waals surface area (Å²) in [5.74, 6) is -1.12. The van der Waals surface area contributed by atoms with E-state index in [0.717, 1.165) is 0 Å². The number of aliphatic hydroxyl groups is 3. The van der Waals surface area contributed by atoms with Crippen molar-refractivity contribution in [1.29, 1.82) is 0 Å². The average molecular weight is 176 g/mol. The molecule has 0 bridgehead atoms. The second kappa shape index (κ2) is 3.95. The predicted molar refractivity (Wildman–Crippen MR) is 38.4 cm³/mol. The summed E-state index contributed by atoms with van der Waals surface area (Å²) in [5, 5.41) is 27.1. The molecular weight excluding hydrogens is 164 g/mol. The van der Waals surface area contributed by atoms with Crippen molar-refractivity contribution in [3.8, 4) is 0 Å². The third-order valence-corrected chi connectivity index (χ3v) is 1.95. The maximum absolute atomic E-state index is 10.9. The monoisotopic (exact) mass is 176 g/mol. The fraction of sp³-hybridized carbons (Fsp3) is 0.857. The SMILES string of the molecule is O=C1COCC(CO)C(O)C1O. The van der Waals surface area contributed by atoms with Gasteiger partial charge in [-0.3, -0.25) is 4.79 Å². The van der Waals surface area contributed by atoms with E-state index < -0.39 is 23.9 Å². The zero-order chi connectivity index (χ0) is 9.14. The second-order valence-electron chi connectivity index (χ2n) is 2.86. The highest BCUT2D eigenvalue weighted by Gasteiger charge is 2.33. The molecule has 1 saturated heterocycles. The van der Waals surface area contributed by atoms with E-state index in [-0.39, 0.29) is 19.8 Å². The lowest BCUT2D eigenvalue weighted by Gasteiger charge is -2.19. The van der Waals surface area contributed by atoms with Crippen molar-refractivity contribution >= 4 is 5.78 Å². The highest BCUT2D eigenvalue weighted by Crippen LogP contribution is 2.13. The fourth-order valence-electron chi connectivity index (χ4n) is 1.10. The molecule has 3 N–H and O–H groups in total. The summed E-state index contributed by atoms with van der Waals surface area (Å²) in [7, 11) is 0. The molecule has 0 aromatic carbocycles. The number of ether oxygens (including phenoxy) is 1. The zero-order valence-corrected chi connectivity index (χ0v) is 6.51. The van der Waals surface area contributed by atoms with Gasteiger partial charge in [0.2, 0.25) is 0 Å². The summed E-state index contributed by atoms with van der Waals surface area (Å²) in [6.07, 6.45) is -2.64. The molecule has 5 nitrogen and oxygen atoms in total. The molecule has 3 unspecified atom stereocenters. The van der Waals surface area contributed by atoms with E-state index in [1.165, 1.54) is 0 Å². The Morgan fingerprint density at radius 3 is 2.75 bits per heavy atom. The Labute approximate surface area is 69.6 Å². The smallest absolute Gasteiger partial charge is 0.189 e. The van der Waals surface area contributed by atoms with Crippen LogP contribution in [0, 0.1) is 5.92 Å². The predicted octanol–water partition coefficient (Wildman–Crippen LogP) is -2.08. The van der Waals surface area contributed by atoms with Crippen LogP contribution >= 0.6 is 0 Å². The quantitative estimate of drug-likeness (QED) is 0.426. The Kier molecular flexibility index (Phi) is 3.16. The molecule has 0 saturated carbocycles. The maximum Gasteiger partial charge on any atom is 0.189 e. The minimum absolute atomic E-state index is 0.0977. The average Bonchev–Trinajstić information content (AvgIpc) is 2.19. The van der Waals surface area contributed by atoms with Crippen LogP contribution in [0.5, 0.6) is 0 Å². The van der Waals surface area contributed by atoms with E-state index in [1.54, 1.807) is 0 Å². The third kappa shape index (κ3) is 1.81. The van der Waals surface area contributed by atoms with Gasteiger partial charge in [-0.25, -0.2) is 0 Å². The third-order valence-electron chi connectivity index (χ3n) is 1.95. The Morgan fingerprint density at radius 1 is 1.50 bits per heavy atom. The van der Waals surface area contributed by atoms with Crippen LogP contribution in [-0.2, 0) is 9.53 Å². The molecule has 1 fully saturated rings. The molecule has 3 atom stereocenters. The second-order valence-corrected chi connectivity index (χ2v) is 2.86. The molecule has 0 aromatic heterocycles. The standard InChI is InChI=1S/C7H12O5/c8-1-4-2-12-3-5(9)7(11)6(4)10/h4,6-8,10-11H,1-3H2. The molecule has 1 rings (SSSR count). The van der Waals surface area contributed by atoms with Crippen molar-refractivity contribution in [2.24, 2.45) is 5.92 Å². The topological polar surface area (TPSA) is 87.0 Å². The van der Waals surface area contributed by atoms with Gasteiger partial charge in [-0.15, -0.1) is 0 Å². The van der Waals surface area contributed by atoms with Crippen molar-refractivity contribution in [2.45, 2.75) is 12.2 Å². The largest absolute Gasteiger partial charge is 0.396 e. The lowest BCUT2D eigenvalue weighted by atomic mass is 9.98. The molecule has 5 heteroatoms. The molecule has 70 valence electrons. The molecule has 0 amide bonds. The Balaban J connectivity index is 2.66. The van der Waals surface area contributed by atoms with Crippen molar-refractivity contribution in [3.05, 3.63) is 0 Å². The van der Waals surface area contributed by atoms with E-state index in [0.29, 0.717) is 0 Å².